The van der Waals surface area contributed by atoms with E-state index in [4.69, 9.17) is 9.47 Å². The van der Waals surface area contributed by atoms with E-state index in [-0.39, 0.29) is 10.9 Å². The van der Waals surface area contributed by atoms with Gasteiger partial charge in [-0.1, -0.05) is 0 Å². The van der Waals surface area contributed by atoms with Crippen molar-refractivity contribution in [2.75, 3.05) is 32.8 Å². The molecule has 0 spiro atoms. The molecule has 1 heterocycles. The normalized spacial score (nSPS) is 19.9. The fraction of sp³-hybridized carbons (Fsp3) is 0.600. The highest BCUT2D eigenvalue weighted by molar-refractivity contribution is 7.89. The number of hydrogen-bond donors (Lipinski definition) is 1. The van der Waals surface area contributed by atoms with E-state index >= 15 is 0 Å². The highest BCUT2D eigenvalue weighted by Gasteiger charge is 2.29. The Morgan fingerprint density at radius 3 is 2.55 bits per heavy atom. The van der Waals surface area contributed by atoms with E-state index in [0.717, 1.165) is 0 Å². The van der Waals surface area contributed by atoms with Crippen molar-refractivity contribution in [3.05, 3.63) is 18.2 Å². The van der Waals surface area contributed by atoms with Crippen molar-refractivity contribution in [3.8, 4) is 11.5 Å². The molecule has 124 valence electrons. The van der Waals surface area contributed by atoms with Gasteiger partial charge in [0.05, 0.1) is 18.1 Å². The van der Waals surface area contributed by atoms with Gasteiger partial charge in [-0.2, -0.15) is 4.31 Å². The molecular formula is C15H24N2O4S. The maximum atomic E-state index is 12.8. The number of benzene rings is 1. The third kappa shape index (κ3) is 3.71. The van der Waals surface area contributed by atoms with Gasteiger partial charge in [0, 0.05) is 31.7 Å². The Bertz CT molecular complexity index is 604. The highest BCUT2D eigenvalue weighted by atomic mass is 32.2. The Kier molecular flexibility index (Phi) is 5.66. The Labute approximate surface area is 132 Å². The second kappa shape index (κ2) is 7.30. The van der Waals surface area contributed by atoms with Crippen molar-refractivity contribution in [2.45, 2.75) is 31.7 Å². The number of hydrogen-bond acceptors (Lipinski definition) is 5. The number of ether oxygens (including phenoxy) is 2. The topological polar surface area (TPSA) is 67.9 Å². The van der Waals surface area contributed by atoms with E-state index in [1.807, 2.05) is 20.8 Å². The molecule has 0 aromatic heterocycles. The van der Waals surface area contributed by atoms with Crippen molar-refractivity contribution in [1.82, 2.24) is 9.62 Å². The first kappa shape index (κ1) is 17.1. The standard InChI is InChI=1S/C15H24N2O4S/c1-4-20-14-7-6-13(10-15(14)21-5-2)22(18,19)17-9-8-16-12(3)11-17/h6-7,10,12,16H,4-5,8-9,11H2,1-3H3/t12-/m1/s1. The van der Waals surface area contributed by atoms with Gasteiger partial charge in [0.25, 0.3) is 0 Å². The van der Waals surface area contributed by atoms with E-state index in [9.17, 15) is 8.42 Å². The predicted molar refractivity (Wildman–Crippen MR) is 85.0 cm³/mol. The minimum atomic E-state index is -3.51. The van der Waals surface area contributed by atoms with Crippen LogP contribution in [0.4, 0.5) is 0 Å². The molecule has 1 aromatic carbocycles. The Hall–Kier alpha value is -1.31. The van der Waals surface area contributed by atoms with Crippen molar-refractivity contribution in [2.24, 2.45) is 0 Å². The molecule has 7 heteroatoms. The minimum Gasteiger partial charge on any atom is -0.490 e. The van der Waals surface area contributed by atoms with E-state index in [1.165, 1.54) is 4.31 Å². The molecule has 1 N–H and O–H groups in total. The van der Waals surface area contributed by atoms with Gasteiger partial charge < -0.3 is 14.8 Å². The molecule has 0 saturated carbocycles. The van der Waals surface area contributed by atoms with Gasteiger partial charge in [-0.25, -0.2) is 8.42 Å². The lowest BCUT2D eigenvalue weighted by molar-refractivity contribution is 0.286. The maximum absolute atomic E-state index is 12.8. The lowest BCUT2D eigenvalue weighted by Crippen LogP contribution is -2.51. The lowest BCUT2D eigenvalue weighted by atomic mass is 10.3. The van der Waals surface area contributed by atoms with E-state index in [0.29, 0.717) is 44.3 Å². The molecule has 0 radical (unpaired) electrons. The van der Waals surface area contributed by atoms with Crippen LogP contribution < -0.4 is 14.8 Å². The predicted octanol–water partition coefficient (Wildman–Crippen LogP) is 1.47. The summed E-state index contributed by atoms with van der Waals surface area (Å²) in [6, 6.07) is 4.94. The van der Waals surface area contributed by atoms with Gasteiger partial charge in [0.1, 0.15) is 0 Å². The molecule has 22 heavy (non-hydrogen) atoms. The van der Waals surface area contributed by atoms with Crippen LogP contribution in [-0.2, 0) is 10.0 Å². The summed E-state index contributed by atoms with van der Waals surface area (Å²) in [5.41, 5.74) is 0. The molecule has 1 aliphatic rings. The second-order valence-corrected chi connectivity index (χ2v) is 7.13. The second-order valence-electron chi connectivity index (χ2n) is 5.19. The van der Waals surface area contributed by atoms with Crippen molar-refractivity contribution >= 4 is 10.0 Å². The smallest absolute Gasteiger partial charge is 0.243 e. The lowest BCUT2D eigenvalue weighted by Gasteiger charge is -2.31. The zero-order valence-electron chi connectivity index (χ0n) is 13.3. The van der Waals surface area contributed by atoms with Crippen LogP contribution in [0, 0.1) is 0 Å². The number of nitrogens with one attached hydrogen (secondary N) is 1. The quantitative estimate of drug-likeness (QED) is 0.856. The summed E-state index contributed by atoms with van der Waals surface area (Å²) >= 11 is 0. The Morgan fingerprint density at radius 1 is 1.23 bits per heavy atom. The molecule has 0 amide bonds. The molecule has 1 saturated heterocycles. The average molecular weight is 328 g/mol. The largest absolute Gasteiger partial charge is 0.490 e. The van der Waals surface area contributed by atoms with Crippen LogP contribution >= 0.6 is 0 Å². The van der Waals surface area contributed by atoms with Crippen LogP contribution in [0.3, 0.4) is 0 Å². The third-order valence-electron chi connectivity index (χ3n) is 3.48. The van der Waals surface area contributed by atoms with Crippen LogP contribution in [-0.4, -0.2) is 51.6 Å². The summed E-state index contributed by atoms with van der Waals surface area (Å²) in [6.45, 7) is 8.28. The fourth-order valence-corrected chi connectivity index (χ4v) is 4.00. The van der Waals surface area contributed by atoms with Crippen LogP contribution in [0.25, 0.3) is 0 Å². The number of nitrogens with zero attached hydrogens (tertiary/aromatic N) is 1. The Morgan fingerprint density at radius 2 is 1.91 bits per heavy atom. The van der Waals surface area contributed by atoms with Gasteiger partial charge in [-0.3, -0.25) is 0 Å². The van der Waals surface area contributed by atoms with E-state index in [2.05, 4.69) is 5.32 Å². The zero-order valence-corrected chi connectivity index (χ0v) is 14.1. The summed E-state index contributed by atoms with van der Waals surface area (Å²) in [5, 5.41) is 3.24. The first-order chi connectivity index (χ1) is 10.5. The molecule has 0 aliphatic carbocycles. The summed E-state index contributed by atoms with van der Waals surface area (Å²) in [7, 11) is -3.51. The van der Waals surface area contributed by atoms with Gasteiger partial charge in [-0.15, -0.1) is 0 Å². The first-order valence-corrected chi connectivity index (χ1v) is 9.06. The molecule has 0 unspecified atom stereocenters. The monoisotopic (exact) mass is 328 g/mol. The molecular weight excluding hydrogens is 304 g/mol. The van der Waals surface area contributed by atoms with Crippen LogP contribution in [0.1, 0.15) is 20.8 Å². The van der Waals surface area contributed by atoms with Crippen LogP contribution in [0.15, 0.2) is 23.1 Å². The molecule has 1 aromatic rings. The molecule has 1 fully saturated rings. The highest BCUT2D eigenvalue weighted by Crippen LogP contribution is 2.31. The number of rotatable bonds is 6. The third-order valence-corrected chi connectivity index (χ3v) is 5.35. The van der Waals surface area contributed by atoms with E-state index < -0.39 is 10.0 Å². The molecule has 6 nitrogen and oxygen atoms in total. The first-order valence-electron chi connectivity index (χ1n) is 7.62. The average Bonchev–Trinajstić information content (AvgIpc) is 2.49. The van der Waals surface area contributed by atoms with Crippen molar-refractivity contribution in [1.29, 1.82) is 0 Å². The van der Waals surface area contributed by atoms with Gasteiger partial charge >= 0.3 is 0 Å². The summed E-state index contributed by atoms with van der Waals surface area (Å²) in [6.07, 6.45) is 0. The molecule has 1 atom stereocenters. The van der Waals surface area contributed by atoms with Crippen LogP contribution in [0.5, 0.6) is 11.5 Å². The van der Waals surface area contributed by atoms with Crippen molar-refractivity contribution in [3.63, 3.8) is 0 Å². The number of piperazine rings is 1. The summed E-state index contributed by atoms with van der Waals surface area (Å²) in [4.78, 5) is 0.244. The molecule has 2 rings (SSSR count). The molecule has 1 aliphatic heterocycles. The zero-order chi connectivity index (χ0) is 16.2. The summed E-state index contributed by atoms with van der Waals surface area (Å²) < 4.78 is 38.0. The van der Waals surface area contributed by atoms with Crippen molar-refractivity contribution < 1.29 is 17.9 Å². The maximum Gasteiger partial charge on any atom is 0.243 e. The van der Waals surface area contributed by atoms with Crippen LogP contribution in [0.2, 0.25) is 0 Å². The minimum absolute atomic E-state index is 0.151. The SMILES string of the molecule is CCOc1ccc(S(=O)(=O)N2CCN[C@H](C)C2)cc1OCC. The Balaban J connectivity index is 2.32. The van der Waals surface area contributed by atoms with Gasteiger partial charge in [0.15, 0.2) is 11.5 Å². The van der Waals surface area contributed by atoms with Gasteiger partial charge in [0.2, 0.25) is 10.0 Å². The van der Waals surface area contributed by atoms with E-state index in [1.54, 1.807) is 18.2 Å². The fourth-order valence-electron chi connectivity index (χ4n) is 2.46. The number of sulfonamides is 1. The van der Waals surface area contributed by atoms with Gasteiger partial charge in [-0.05, 0) is 32.9 Å². The molecule has 0 bridgehead atoms. The summed E-state index contributed by atoms with van der Waals surface area (Å²) in [5.74, 6) is 1.03.